The zero-order chi connectivity index (χ0) is 19.3. The normalized spacial score (nSPS) is 10.7. The Morgan fingerprint density at radius 3 is 2.64 bits per heavy atom. The Labute approximate surface area is 157 Å². The minimum absolute atomic E-state index is 0.160. The van der Waals surface area contributed by atoms with Crippen LogP contribution in [0.15, 0.2) is 60.2 Å². The molecule has 4 aromatic heterocycles. The van der Waals surface area contributed by atoms with Crippen LogP contribution in [-0.4, -0.2) is 57.0 Å². The third kappa shape index (κ3) is 3.65. The van der Waals surface area contributed by atoms with Gasteiger partial charge < -0.3 is 5.32 Å². The fraction of sp³-hybridized carbons (Fsp3) is 0.125. The van der Waals surface area contributed by atoms with Crippen molar-refractivity contribution in [3.8, 4) is 11.6 Å². The summed E-state index contributed by atoms with van der Waals surface area (Å²) in [4.78, 5) is 28.0. The third-order valence-corrected chi connectivity index (χ3v) is 3.74. The summed E-state index contributed by atoms with van der Waals surface area (Å²) < 4.78 is 4.21. The van der Waals surface area contributed by atoms with Gasteiger partial charge >= 0.3 is 0 Å². The second-order valence-corrected chi connectivity index (χ2v) is 5.58. The second kappa shape index (κ2) is 7.57. The number of nitrogens with zero attached hydrogens (tertiary/aromatic N) is 9. The molecular formula is C16H14N10O2. The standard InChI is InChI=1S/C16H14N10O2/c27-15-5-4-14(26-11-17-10-20-26)23-25(15)9-7-18-16(28)12-2-3-13(22-21-12)24-8-1-6-19-24/h1-6,8,10-11H,7,9H2,(H,18,28). The molecule has 4 heterocycles. The van der Waals surface area contributed by atoms with E-state index in [-0.39, 0.29) is 24.3 Å². The van der Waals surface area contributed by atoms with E-state index in [0.29, 0.717) is 11.6 Å². The van der Waals surface area contributed by atoms with Crippen molar-refractivity contribution in [1.29, 1.82) is 0 Å². The van der Waals surface area contributed by atoms with Crippen LogP contribution < -0.4 is 10.9 Å². The zero-order valence-corrected chi connectivity index (χ0v) is 14.5. The number of amides is 1. The molecule has 0 fully saturated rings. The van der Waals surface area contributed by atoms with Gasteiger partial charge in [-0.05, 0) is 24.3 Å². The molecule has 0 aromatic carbocycles. The fourth-order valence-electron chi connectivity index (χ4n) is 2.39. The summed E-state index contributed by atoms with van der Waals surface area (Å²) in [7, 11) is 0. The lowest BCUT2D eigenvalue weighted by molar-refractivity contribution is 0.0945. The van der Waals surface area contributed by atoms with Gasteiger partial charge in [-0.25, -0.2) is 19.0 Å². The molecule has 4 aromatic rings. The minimum Gasteiger partial charge on any atom is -0.349 e. The lowest BCUT2D eigenvalue weighted by atomic mass is 10.3. The highest BCUT2D eigenvalue weighted by molar-refractivity contribution is 5.92. The number of hydrogen-bond acceptors (Lipinski definition) is 8. The molecule has 0 radical (unpaired) electrons. The van der Waals surface area contributed by atoms with Crippen molar-refractivity contribution in [3.63, 3.8) is 0 Å². The predicted molar refractivity (Wildman–Crippen MR) is 94.9 cm³/mol. The largest absolute Gasteiger partial charge is 0.349 e. The fourth-order valence-corrected chi connectivity index (χ4v) is 2.39. The maximum atomic E-state index is 12.2. The number of carbonyl (C=O) groups is 1. The van der Waals surface area contributed by atoms with Gasteiger partial charge in [0, 0.05) is 25.0 Å². The first-order chi connectivity index (χ1) is 13.7. The highest BCUT2D eigenvalue weighted by Gasteiger charge is 2.09. The van der Waals surface area contributed by atoms with Gasteiger partial charge in [-0.1, -0.05) is 0 Å². The highest BCUT2D eigenvalue weighted by atomic mass is 16.2. The van der Waals surface area contributed by atoms with E-state index in [0.717, 1.165) is 0 Å². The molecule has 28 heavy (non-hydrogen) atoms. The average Bonchev–Trinajstić information content (AvgIpc) is 3.44. The Kier molecular flexibility index (Phi) is 4.65. The van der Waals surface area contributed by atoms with Gasteiger partial charge in [-0.15, -0.1) is 15.3 Å². The maximum Gasteiger partial charge on any atom is 0.271 e. The molecule has 1 amide bonds. The van der Waals surface area contributed by atoms with E-state index in [1.165, 1.54) is 32.8 Å². The first-order valence-electron chi connectivity index (χ1n) is 8.26. The number of carbonyl (C=O) groups excluding carboxylic acids is 1. The molecule has 0 spiro atoms. The molecular weight excluding hydrogens is 364 g/mol. The smallest absolute Gasteiger partial charge is 0.271 e. The Bertz CT molecular complexity index is 1120. The zero-order valence-electron chi connectivity index (χ0n) is 14.5. The van der Waals surface area contributed by atoms with E-state index in [9.17, 15) is 9.59 Å². The topological polar surface area (TPSA) is 138 Å². The van der Waals surface area contributed by atoms with Crippen LogP contribution in [0.4, 0.5) is 0 Å². The number of hydrogen-bond donors (Lipinski definition) is 1. The summed E-state index contributed by atoms with van der Waals surface area (Å²) in [5.74, 6) is 0.547. The first-order valence-corrected chi connectivity index (χ1v) is 8.26. The van der Waals surface area contributed by atoms with Crippen molar-refractivity contribution >= 4 is 5.91 Å². The van der Waals surface area contributed by atoms with Crippen LogP contribution in [0.3, 0.4) is 0 Å². The molecule has 0 aliphatic carbocycles. The molecule has 4 rings (SSSR count). The maximum absolute atomic E-state index is 12.2. The number of nitrogens with one attached hydrogen (secondary N) is 1. The van der Waals surface area contributed by atoms with Gasteiger partial charge in [0.25, 0.3) is 11.5 Å². The Morgan fingerprint density at radius 2 is 1.93 bits per heavy atom. The van der Waals surface area contributed by atoms with E-state index in [1.54, 1.807) is 36.7 Å². The van der Waals surface area contributed by atoms with Gasteiger partial charge in [-0.3, -0.25) is 9.59 Å². The Balaban J connectivity index is 1.38. The summed E-state index contributed by atoms with van der Waals surface area (Å²) in [6.45, 7) is 0.376. The molecule has 0 saturated carbocycles. The van der Waals surface area contributed by atoms with Gasteiger partial charge in [0.05, 0.1) is 6.54 Å². The van der Waals surface area contributed by atoms with Crippen LogP contribution in [-0.2, 0) is 6.54 Å². The van der Waals surface area contributed by atoms with E-state index in [4.69, 9.17) is 0 Å². The van der Waals surface area contributed by atoms with Gasteiger partial charge in [-0.2, -0.15) is 10.2 Å². The quantitative estimate of drug-likeness (QED) is 0.461. The molecule has 12 heteroatoms. The van der Waals surface area contributed by atoms with E-state index in [2.05, 4.69) is 35.8 Å². The first kappa shape index (κ1) is 17.2. The SMILES string of the molecule is O=C(NCCn1nc(-n2cncn2)ccc1=O)c1ccc(-n2cccn2)nn1. The van der Waals surface area contributed by atoms with Gasteiger partial charge in [0.1, 0.15) is 12.7 Å². The van der Waals surface area contributed by atoms with Gasteiger partial charge in [0.15, 0.2) is 17.3 Å². The molecule has 0 aliphatic rings. The van der Waals surface area contributed by atoms with Crippen LogP contribution >= 0.6 is 0 Å². The van der Waals surface area contributed by atoms with Crippen LogP contribution in [0.2, 0.25) is 0 Å². The summed E-state index contributed by atoms with van der Waals surface area (Å²) in [6.07, 6.45) is 6.19. The lowest BCUT2D eigenvalue weighted by Crippen LogP contribution is -2.32. The van der Waals surface area contributed by atoms with Crippen LogP contribution in [0.25, 0.3) is 11.6 Å². The molecule has 0 unspecified atom stereocenters. The third-order valence-electron chi connectivity index (χ3n) is 3.74. The summed E-state index contributed by atoms with van der Waals surface area (Å²) >= 11 is 0. The molecule has 0 atom stereocenters. The molecule has 12 nitrogen and oxygen atoms in total. The predicted octanol–water partition coefficient (Wildman–Crippen LogP) is -0.770. The average molecular weight is 378 g/mol. The molecule has 140 valence electrons. The monoisotopic (exact) mass is 378 g/mol. The summed E-state index contributed by atoms with van der Waals surface area (Å²) in [5, 5.41) is 22.8. The molecule has 0 aliphatic heterocycles. The van der Waals surface area contributed by atoms with Crippen molar-refractivity contribution in [2.24, 2.45) is 0 Å². The van der Waals surface area contributed by atoms with Crippen LogP contribution in [0, 0.1) is 0 Å². The number of aromatic nitrogens is 9. The van der Waals surface area contributed by atoms with Gasteiger partial charge in [0.2, 0.25) is 0 Å². The van der Waals surface area contributed by atoms with Crippen molar-refractivity contribution in [2.75, 3.05) is 6.54 Å². The minimum atomic E-state index is -0.403. The number of rotatable bonds is 6. The second-order valence-electron chi connectivity index (χ2n) is 5.58. The molecule has 1 N–H and O–H groups in total. The lowest BCUT2D eigenvalue weighted by Gasteiger charge is -2.08. The van der Waals surface area contributed by atoms with Crippen LogP contribution in [0.5, 0.6) is 0 Å². The highest BCUT2D eigenvalue weighted by Crippen LogP contribution is 2.02. The van der Waals surface area contributed by atoms with E-state index in [1.807, 2.05) is 0 Å². The van der Waals surface area contributed by atoms with E-state index < -0.39 is 5.91 Å². The van der Waals surface area contributed by atoms with Crippen molar-refractivity contribution in [3.05, 3.63) is 71.4 Å². The summed E-state index contributed by atoms with van der Waals surface area (Å²) in [6, 6.07) is 7.88. The molecule has 0 saturated heterocycles. The van der Waals surface area contributed by atoms with Crippen molar-refractivity contribution < 1.29 is 4.79 Å². The Hall–Kier alpha value is -4.22. The summed E-state index contributed by atoms with van der Waals surface area (Å²) in [5.41, 5.74) is -0.131. The Morgan fingerprint density at radius 1 is 1.04 bits per heavy atom. The van der Waals surface area contributed by atoms with Crippen molar-refractivity contribution in [1.82, 2.24) is 49.8 Å². The molecule has 0 bridgehead atoms. The van der Waals surface area contributed by atoms with Crippen LogP contribution in [0.1, 0.15) is 10.5 Å². The van der Waals surface area contributed by atoms with E-state index >= 15 is 0 Å². The van der Waals surface area contributed by atoms with Crippen molar-refractivity contribution in [2.45, 2.75) is 6.54 Å².